The number of carbonyl (C=O) groups is 5. The van der Waals surface area contributed by atoms with Gasteiger partial charge in [0.2, 0.25) is 5.91 Å². The van der Waals surface area contributed by atoms with Crippen molar-refractivity contribution in [1.82, 2.24) is 4.90 Å². The zero-order valence-corrected chi connectivity index (χ0v) is 20.7. The number of likely N-dealkylation sites (N-methyl/N-ethyl adjacent to an activating group) is 1. The molecule has 37 heavy (non-hydrogen) atoms. The van der Waals surface area contributed by atoms with Gasteiger partial charge in [-0.2, -0.15) is 0 Å². The maximum absolute atomic E-state index is 13.8. The third kappa shape index (κ3) is 3.41. The molecule has 0 aliphatic heterocycles. The molecule has 5 rings (SSSR count). The summed E-state index contributed by atoms with van der Waals surface area (Å²) in [6, 6.07) is 9.68. The normalized spacial score (nSPS) is 31.1. The highest BCUT2D eigenvalue weighted by Gasteiger charge is 2.69. The maximum atomic E-state index is 13.8. The van der Waals surface area contributed by atoms with E-state index in [4.69, 9.17) is 5.73 Å². The molecule has 0 bridgehead atoms. The number of aryl methyl sites for hydroxylation is 1. The second-order valence-corrected chi connectivity index (χ2v) is 10.6. The predicted molar refractivity (Wildman–Crippen MR) is 132 cm³/mol. The van der Waals surface area contributed by atoms with Crippen molar-refractivity contribution >= 4 is 29.0 Å². The van der Waals surface area contributed by atoms with Crippen molar-refractivity contribution in [2.45, 2.75) is 31.4 Å². The molecule has 0 aromatic heterocycles. The van der Waals surface area contributed by atoms with Crippen LogP contribution in [0.4, 0.5) is 0 Å². The molecule has 1 amide bonds. The summed E-state index contributed by atoms with van der Waals surface area (Å²) in [5.74, 6) is -10.4. The number of hydrogen-bond acceptors (Lipinski definition) is 8. The number of hydrogen-bond donors (Lipinski definition) is 3. The number of nitrogens with zero attached hydrogens (tertiary/aromatic N) is 1. The van der Waals surface area contributed by atoms with Crippen molar-refractivity contribution in [3.63, 3.8) is 0 Å². The Morgan fingerprint density at radius 3 is 2.27 bits per heavy atom. The number of Topliss-reactive ketones (excluding diaryl/α,β-unsaturated/α-hetero) is 4. The molecule has 9 nitrogen and oxygen atoms in total. The van der Waals surface area contributed by atoms with Crippen molar-refractivity contribution in [2.24, 2.45) is 29.4 Å². The van der Waals surface area contributed by atoms with Gasteiger partial charge in [0, 0.05) is 5.92 Å². The Bertz CT molecular complexity index is 1380. The van der Waals surface area contributed by atoms with Gasteiger partial charge < -0.3 is 15.9 Å². The molecule has 2 aromatic carbocycles. The van der Waals surface area contributed by atoms with Crippen LogP contribution in [0.2, 0.25) is 0 Å². The van der Waals surface area contributed by atoms with Gasteiger partial charge in [-0.3, -0.25) is 28.9 Å². The molecule has 6 atom stereocenters. The number of primary amides is 1. The summed E-state index contributed by atoms with van der Waals surface area (Å²) in [4.78, 5) is 67.6. The molecule has 0 heterocycles. The number of ketones is 4. The lowest BCUT2D eigenvalue weighted by atomic mass is 9.52. The molecular formula is C28H28N2O7. The SMILES string of the molecule is Cc1ccc(-c2ccc(O)c3c2C[C@@H]2C[C@@H]4[C@@H](N(C)C)C(=O)C(C(N)=O)C(=O)[C@]4(O)C(=O)C2C3=O)cc1. The first-order valence-corrected chi connectivity index (χ1v) is 12.2. The Balaban J connectivity index is 1.66. The first kappa shape index (κ1) is 25.0. The summed E-state index contributed by atoms with van der Waals surface area (Å²) in [5.41, 5.74) is 5.82. The van der Waals surface area contributed by atoms with Gasteiger partial charge in [-0.1, -0.05) is 35.9 Å². The number of phenolic OH excluding ortho intramolecular Hbond substituents is 1. The third-order valence-electron chi connectivity index (χ3n) is 8.31. The number of aromatic hydroxyl groups is 1. The van der Waals surface area contributed by atoms with Crippen LogP contribution < -0.4 is 5.73 Å². The van der Waals surface area contributed by atoms with E-state index in [1.165, 1.54) is 11.0 Å². The number of carbonyl (C=O) groups excluding carboxylic acids is 5. The molecule has 0 spiro atoms. The van der Waals surface area contributed by atoms with Crippen molar-refractivity contribution in [2.75, 3.05) is 14.1 Å². The fourth-order valence-electron chi connectivity index (χ4n) is 6.61. The number of nitrogens with two attached hydrogens (primary N) is 1. The molecule has 2 unspecified atom stereocenters. The van der Waals surface area contributed by atoms with Gasteiger partial charge in [-0.25, -0.2) is 0 Å². The Labute approximate surface area is 213 Å². The highest BCUT2D eigenvalue weighted by molar-refractivity contribution is 6.32. The standard InChI is InChI=1S/C28H28N2O7/c1-12-4-6-13(7-5-12)15-8-9-18(31)20-16(15)10-14-11-17-22(30(2)3)24(33)21(27(29)36)26(35)28(17,37)25(34)19(14)23(20)32/h4-9,14,17,19,21-22,31,37H,10-11H2,1-3H3,(H2,29,36)/t14-,17-,19?,21?,22-,28-/m1/s1. The second kappa shape index (κ2) is 8.43. The van der Waals surface area contributed by atoms with Gasteiger partial charge >= 0.3 is 0 Å². The van der Waals surface area contributed by atoms with Crippen LogP contribution in [0.5, 0.6) is 5.75 Å². The van der Waals surface area contributed by atoms with Crippen molar-refractivity contribution in [3.05, 3.63) is 53.1 Å². The molecule has 2 fully saturated rings. The van der Waals surface area contributed by atoms with Crippen LogP contribution in [0.15, 0.2) is 36.4 Å². The molecular weight excluding hydrogens is 476 g/mol. The molecule has 0 radical (unpaired) electrons. The number of fused-ring (bicyclic) bond motifs is 3. The molecule has 9 heteroatoms. The number of rotatable bonds is 3. The van der Waals surface area contributed by atoms with E-state index >= 15 is 0 Å². The molecule has 0 saturated heterocycles. The summed E-state index contributed by atoms with van der Waals surface area (Å²) in [7, 11) is 3.12. The first-order valence-electron chi connectivity index (χ1n) is 12.2. The minimum absolute atomic E-state index is 0.00956. The van der Waals surface area contributed by atoms with E-state index in [0.29, 0.717) is 5.56 Å². The number of aliphatic hydroxyl groups is 1. The van der Waals surface area contributed by atoms with E-state index in [9.17, 15) is 34.2 Å². The Morgan fingerprint density at radius 2 is 1.68 bits per heavy atom. The van der Waals surface area contributed by atoms with Gasteiger partial charge in [0.15, 0.2) is 34.7 Å². The average Bonchev–Trinajstić information content (AvgIpc) is 2.82. The van der Waals surface area contributed by atoms with Gasteiger partial charge in [0.05, 0.1) is 17.5 Å². The van der Waals surface area contributed by atoms with Gasteiger partial charge in [-0.05, 0) is 62.5 Å². The quantitative estimate of drug-likeness (QED) is 0.520. The molecule has 4 N–H and O–H groups in total. The monoisotopic (exact) mass is 504 g/mol. The van der Waals surface area contributed by atoms with Crippen LogP contribution in [0.25, 0.3) is 11.1 Å². The molecule has 2 aromatic rings. The fraction of sp³-hybridized carbons (Fsp3) is 0.393. The van der Waals surface area contributed by atoms with E-state index in [1.54, 1.807) is 20.2 Å². The number of phenols is 1. The highest BCUT2D eigenvalue weighted by Crippen LogP contribution is 2.51. The minimum Gasteiger partial charge on any atom is -0.507 e. The summed E-state index contributed by atoms with van der Waals surface area (Å²) in [5, 5.41) is 22.3. The Hall–Kier alpha value is -3.69. The van der Waals surface area contributed by atoms with E-state index in [-0.39, 0.29) is 24.2 Å². The molecule has 3 aliphatic rings. The maximum Gasteiger partial charge on any atom is 0.235 e. The van der Waals surface area contributed by atoms with Crippen LogP contribution >= 0.6 is 0 Å². The van der Waals surface area contributed by atoms with E-state index in [0.717, 1.165) is 16.7 Å². The summed E-state index contributed by atoms with van der Waals surface area (Å²) < 4.78 is 0. The lowest BCUT2D eigenvalue weighted by molar-refractivity contribution is -0.181. The topological polar surface area (TPSA) is 155 Å². The second-order valence-electron chi connectivity index (χ2n) is 10.6. The lowest BCUT2D eigenvalue weighted by Crippen LogP contribution is -2.74. The number of benzene rings is 2. The zero-order valence-electron chi connectivity index (χ0n) is 20.7. The lowest BCUT2D eigenvalue weighted by Gasteiger charge is -2.52. The van der Waals surface area contributed by atoms with Crippen LogP contribution in [-0.4, -0.2) is 69.9 Å². The largest absolute Gasteiger partial charge is 0.507 e. The smallest absolute Gasteiger partial charge is 0.235 e. The van der Waals surface area contributed by atoms with Crippen molar-refractivity contribution < 1.29 is 34.2 Å². The third-order valence-corrected chi connectivity index (χ3v) is 8.31. The van der Waals surface area contributed by atoms with Crippen LogP contribution in [-0.2, 0) is 25.6 Å². The average molecular weight is 505 g/mol. The van der Waals surface area contributed by atoms with Crippen molar-refractivity contribution in [3.8, 4) is 16.9 Å². The van der Waals surface area contributed by atoms with Gasteiger partial charge in [0.1, 0.15) is 5.75 Å². The van der Waals surface area contributed by atoms with E-state index in [1.807, 2.05) is 31.2 Å². The van der Waals surface area contributed by atoms with Crippen LogP contribution in [0.1, 0.15) is 27.9 Å². The molecule has 2 saturated carbocycles. The number of amides is 1. The van der Waals surface area contributed by atoms with E-state index < -0.39 is 64.4 Å². The Morgan fingerprint density at radius 1 is 1.03 bits per heavy atom. The van der Waals surface area contributed by atoms with Crippen LogP contribution in [0, 0.1) is 30.6 Å². The Kier molecular flexibility index (Phi) is 5.69. The molecule has 3 aliphatic carbocycles. The predicted octanol–water partition coefficient (Wildman–Crippen LogP) is 0.842. The first-order chi connectivity index (χ1) is 17.4. The minimum atomic E-state index is -2.72. The summed E-state index contributed by atoms with van der Waals surface area (Å²) in [6.45, 7) is 1.95. The van der Waals surface area contributed by atoms with E-state index in [2.05, 4.69) is 0 Å². The molecule has 192 valence electrons. The summed E-state index contributed by atoms with van der Waals surface area (Å²) >= 11 is 0. The summed E-state index contributed by atoms with van der Waals surface area (Å²) in [6.07, 6.45) is 0.246. The van der Waals surface area contributed by atoms with Gasteiger partial charge in [-0.15, -0.1) is 0 Å². The van der Waals surface area contributed by atoms with Crippen molar-refractivity contribution in [1.29, 1.82) is 0 Å². The van der Waals surface area contributed by atoms with Gasteiger partial charge in [0.25, 0.3) is 0 Å². The fourth-order valence-corrected chi connectivity index (χ4v) is 6.61. The highest BCUT2D eigenvalue weighted by atomic mass is 16.3. The zero-order chi connectivity index (χ0) is 27.0. The van der Waals surface area contributed by atoms with Crippen LogP contribution in [0.3, 0.4) is 0 Å².